The third-order valence-corrected chi connectivity index (χ3v) is 3.35. The first kappa shape index (κ1) is 10.9. The molecule has 2 rings (SSSR count). The van der Waals surface area contributed by atoms with Crippen molar-refractivity contribution in [2.24, 2.45) is 5.73 Å². The zero-order valence-corrected chi connectivity index (χ0v) is 8.70. The highest BCUT2D eigenvalue weighted by atomic mass is 16.7. The van der Waals surface area contributed by atoms with Crippen molar-refractivity contribution in [1.29, 1.82) is 0 Å². The predicted octanol–water partition coefficient (Wildman–Crippen LogP) is 0.476. The van der Waals surface area contributed by atoms with Crippen molar-refractivity contribution in [3.8, 4) is 0 Å². The molecular weight excluding hydrogens is 198 g/mol. The minimum Gasteiger partial charge on any atom is -0.480 e. The standard InChI is InChI=1S/C10H17NO4/c11-9(8(12)13)2-4-10(5-3-9)14-6-1-7-15-10/h1-7,11H2,(H,12,13). The maximum Gasteiger partial charge on any atom is 0.323 e. The number of rotatable bonds is 1. The molecule has 5 nitrogen and oxygen atoms in total. The fourth-order valence-corrected chi connectivity index (χ4v) is 2.20. The summed E-state index contributed by atoms with van der Waals surface area (Å²) in [5.41, 5.74) is 4.69. The molecule has 5 heteroatoms. The number of carboxylic acids is 1. The molecular formula is C10H17NO4. The molecule has 1 heterocycles. The van der Waals surface area contributed by atoms with Crippen molar-refractivity contribution in [2.45, 2.75) is 43.4 Å². The van der Waals surface area contributed by atoms with Crippen LogP contribution in [-0.4, -0.2) is 35.6 Å². The summed E-state index contributed by atoms with van der Waals surface area (Å²) >= 11 is 0. The highest BCUT2D eigenvalue weighted by Crippen LogP contribution is 2.38. The van der Waals surface area contributed by atoms with Crippen molar-refractivity contribution in [1.82, 2.24) is 0 Å². The zero-order valence-electron chi connectivity index (χ0n) is 8.70. The van der Waals surface area contributed by atoms with Crippen LogP contribution in [-0.2, 0) is 14.3 Å². The molecule has 1 aliphatic heterocycles. The van der Waals surface area contributed by atoms with Gasteiger partial charge >= 0.3 is 5.97 Å². The van der Waals surface area contributed by atoms with Crippen LogP contribution >= 0.6 is 0 Å². The highest BCUT2D eigenvalue weighted by molar-refractivity contribution is 5.78. The molecule has 2 fully saturated rings. The summed E-state index contributed by atoms with van der Waals surface area (Å²) in [6, 6.07) is 0. The number of carboxylic acid groups (broad SMARTS) is 1. The maximum atomic E-state index is 10.9. The Kier molecular flexibility index (Phi) is 2.70. The Morgan fingerprint density at radius 1 is 1.13 bits per heavy atom. The number of hydrogen-bond acceptors (Lipinski definition) is 4. The quantitative estimate of drug-likeness (QED) is 0.664. The van der Waals surface area contributed by atoms with Gasteiger partial charge in [-0.3, -0.25) is 4.79 Å². The van der Waals surface area contributed by atoms with E-state index in [-0.39, 0.29) is 0 Å². The Bertz CT molecular complexity index is 250. The lowest BCUT2D eigenvalue weighted by atomic mass is 9.79. The number of aliphatic carboxylic acids is 1. The summed E-state index contributed by atoms with van der Waals surface area (Å²) in [6.45, 7) is 1.40. The molecule has 1 spiro atoms. The average Bonchev–Trinajstić information content (AvgIpc) is 2.24. The summed E-state index contributed by atoms with van der Waals surface area (Å²) in [5, 5.41) is 8.98. The molecule has 0 bridgehead atoms. The molecule has 0 amide bonds. The lowest BCUT2D eigenvalue weighted by Gasteiger charge is -2.44. The monoisotopic (exact) mass is 215 g/mol. The summed E-state index contributed by atoms with van der Waals surface area (Å²) in [6.07, 6.45) is 2.91. The van der Waals surface area contributed by atoms with Crippen molar-refractivity contribution >= 4 is 5.97 Å². The van der Waals surface area contributed by atoms with Gasteiger partial charge in [0.2, 0.25) is 0 Å². The molecule has 0 unspecified atom stereocenters. The predicted molar refractivity (Wildman–Crippen MR) is 52.3 cm³/mol. The Hall–Kier alpha value is -0.650. The number of nitrogens with two attached hydrogens (primary N) is 1. The van der Waals surface area contributed by atoms with E-state index < -0.39 is 17.3 Å². The van der Waals surface area contributed by atoms with Crippen LogP contribution in [0.1, 0.15) is 32.1 Å². The molecule has 2 aliphatic rings. The topological polar surface area (TPSA) is 81.8 Å². The van der Waals surface area contributed by atoms with Gasteiger partial charge in [-0.05, 0) is 19.3 Å². The van der Waals surface area contributed by atoms with Crippen molar-refractivity contribution in [3.05, 3.63) is 0 Å². The van der Waals surface area contributed by atoms with Crippen LogP contribution in [0.15, 0.2) is 0 Å². The Morgan fingerprint density at radius 3 is 2.13 bits per heavy atom. The molecule has 0 aromatic rings. The molecule has 1 aliphatic carbocycles. The minimum atomic E-state index is -1.09. The summed E-state index contributed by atoms with van der Waals surface area (Å²) < 4.78 is 11.2. The van der Waals surface area contributed by atoms with Crippen LogP contribution in [0, 0.1) is 0 Å². The van der Waals surface area contributed by atoms with Crippen LogP contribution in [0.25, 0.3) is 0 Å². The smallest absolute Gasteiger partial charge is 0.323 e. The SMILES string of the molecule is NC1(C(=O)O)CCC2(CC1)OCCCO2. The van der Waals surface area contributed by atoms with E-state index >= 15 is 0 Å². The van der Waals surface area contributed by atoms with E-state index in [1.54, 1.807) is 0 Å². The second kappa shape index (κ2) is 3.73. The number of ether oxygens (including phenoxy) is 2. The van der Waals surface area contributed by atoms with Crippen LogP contribution in [0.5, 0.6) is 0 Å². The van der Waals surface area contributed by atoms with Gasteiger partial charge in [-0.25, -0.2) is 0 Å². The molecule has 0 aromatic carbocycles. The first-order chi connectivity index (χ1) is 7.06. The van der Waals surface area contributed by atoms with E-state index in [9.17, 15) is 4.79 Å². The van der Waals surface area contributed by atoms with Crippen LogP contribution < -0.4 is 5.73 Å². The van der Waals surface area contributed by atoms with Crippen molar-refractivity contribution < 1.29 is 19.4 Å². The van der Waals surface area contributed by atoms with E-state index in [4.69, 9.17) is 20.3 Å². The van der Waals surface area contributed by atoms with Crippen molar-refractivity contribution in [3.63, 3.8) is 0 Å². The Balaban J connectivity index is 1.99. The Labute approximate surface area is 88.5 Å². The van der Waals surface area contributed by atoms with Gasteiger partial charge in [0.05, 0.1) is 13.2 Å². The lowest BCUT2D eigenvalue weighted by molar-refractivity contribution is -0.283. The fourth-order valence-electron chi connectivity index (χ4n) is 2.20. The third-order valence-electron chi connectivity index (χ3n) is 3.35. The van der Waals surface area contributed by atoms with E-state index in [1.165, 1.54) is 0 Å². The molecule has 3 N–H and O–H groups in total. The second-order valence-electron chi connectivity index (χ2n) is 4.42. The van der Waals surface area contributed by atoms with Gasteiger partial charge in [-0.2, -0.15) is 0 Å². The van der Waals surface area contributed by atoms with E-state index in [0.29, 0.717) is 38.9 Å². The highest BCUT2D eigenvalue weighted by Gasteiger charge is 2.47. The van der Waals surface area contributed by atoms with Crippen molar-refractivity contribution in [2.75, 3.05) is 13.2 Å². The van der Waals surface area contributed by atoms with Gasteiger partial charge in [-0.15, -0.1) is 0 Å². The summed E-state index contributed by atoms with van der Waals surface area (Å²) in [7, 11) is 0. The molecule has 86 valence electrons. The van der Waals surface area contributed by atoms with E-state index in [2.05, 4.69) is 0 Å². The van der Waals surface area contributed by atoms with Crippen LogP contribution in [0.3, 0.4) is 0 Å². The van der Waals surface area contributed by atoms with Gasteiger partial charge in [0.15, 0.2) is 5.79 Å². The fraction of sp³-hybridized carbons (Fsp3) is 0.900. The van der Waals surface area contributed by atoms with Crippen LogP contribution in [0.2, 0.25) is 0 Å². The molecule has 1 saturated heterocycles. The molecule has 1 saturated carbocycles. The summed E-state index contributed by atoms with van der Waals surface area (Å²) in [5.74, 6) is -1.47. The second-order valence-corrected chi connectivity index (χ2v) is 4.42. The average molecular weight is 215 g/mol. The molecule has 0 atom stereocenters. The van der Waals surface area contributed by atoms with Gasteiger partial charge in [0.25, 0.3) is 0 Å². The first-order valence-electron chi connectivity index (χ1n) is 5.37. The van der Waals surface area contributed by atoms with E-state index in [1.807, 2.05) is 0 Å². The Morgan fingerprint density at radius 2 is 1.67 bits per heavy atom. The zero-order chi connectivity index (χ0) is 10.9. The van der Waals surface area contributed by atoms with Crippen LogP contribution in [0.4, 0.5) is 0 Å². The molecule has 15 heavy (non-hydrogen) atoms. The first-order valence-corrected chi connectivity index (χ1v) is 5.37. The largest absolute Gasteiger partial charge is 0.480 e. The van der Waals surface area contributed by atoms with Gasteiger partial charge in [-0.1, -0.05) is 0 Å². The summed E-state index contributed by atoms with van der Waals surface area (Å²) in [4.78, 5) is 10.9. The van der Waals surface area contributed by atoms with Gasteiger partial charge in [0.1, 0.15) is 5.54 Å². The van der Waals surface area contributed by atoms with E-state index in [0.717, 1.165) is 6.42 Å². The normalized spacial score (nSPS) is 28.9. The minimum absolute atomic E-state index is 0.419. The van der Waals surface area contributed by atoms with Gasteiger partial charge < -0.3 is 20.3 Å². The number of hydrogen-bond donors (Lipinski definition) is 2. The maximum absolute atomic E-state index is 10.9. The lowest BCUT2D eigenvalue weighted by Crippen LogP contribution is -2.56. The molecule has 0 radical (unpaired) electrons. The third kappa shape index (κ3) is 2.00. The molecule has 0 aromatic heterocycles. The van der Waals surface area contributed by atoms with Gasteiger partial charge in [0, 0.05) is 12.8 Å². The number of carbonyl (C=O) groups is 1.